The summed E-state index contributed by atoms with van der Waals surface area (Å²) < 4.78 is 23.4. The number of aliphatic hydroxyl groups excluding tert-OH is 1. The third-order valence-electron chi connectivity index (χ3n) is 6.30. The van der Waals surface area contributed by atoms with E-state index in [2.05, 4.69) is 33.4 Å². The van der Waals surface area contributed by atoms with Crippen LogP contribution < -0.4 is 5.32 Å². The van der Waals surface area contributed by atoms with Crippen molar-refractivity contribution in [1.82, 2.24) is 14.9 Å². The van der Waals surface area contributed by atoms with E-state index in [4.69, 9.17) is 4.98 Å². The monoisotopic (exact) mass is 488 g/mol. The molecule has 0 bridgehead atoms. The van der Waals surface area contributed by atoms with Crippen LogP contribution in [0, 0.1) is 0 Å². The van der Waals surface area contributed by atoms with Crippen LogP contribution in [0.15, 0.2) is 71.9 Å². The molecule has 3 heterocycles. The molecule has 5 rings (SSSR count). The standard InChI is InChI=1S/C27H28N4O3S/c1-18(32)16-31-12-10-19-13-20(3-4-22(19)17-31)27-25-14-26(29-15-21(25)9-11-28-27)30-23-5-7-24(8-6-23)35(2,33)34/h3-9,11,13-15,18,32H,10,12,16-17H2,1-2H3,(H,29,30). The Morgan fingerprint density at radius 3 is 2.60 bits per heavy atom. The molecule has 0 saturated carbocycles. The first-order chi connectivity index (χ1) is 16.8. The van der Waals surface area contributed by atoms with Crippen molar-refractivity contribution in [2.45, 2.75) is 30.9 Å². The summed E-state index contributed by atoms with van der Waals surface area (Å²) in [5, 5.41) is 15.0. The van der Waals surface area contributed by atoms with Gasteiger partial charge in [-0.05, 0) is 66.9 Å². The van der Waals surface area contributed by atoms with Crippen LogP contribution in [0.5, 0.6) is 0 Å². The van der Waals surface area contributed by atoms with Crippen LogP contribution >= 0.6 is 0 Å². The van der Waals surface area contributed by atoms with Gasteiger partial charge in [-0.3, -0.25) is 9.88 Å². The molecule has 2 aromatic carbocycles. The molecule has 0 fully saturated rings. The number of rotatable bonds is 6. The molecule has 0 saturated heterocycles. The van der Waals surface area contributed by atoms with E-state index in [-0.39, 0.29) is 11.0 Å². The number of benzene rings is 2. The summed E-state index contributed by atoms with van der Waals surface area (Å²) in [6.45, 7) is 4.29. The molecule has 0 aliphatic carbocycles. The van der Waals surface area contributed by atoms with Crippen LogP contribution in [0.1, 0.15) is 18.1 Å². The highest BCUT2D eigenvalue weighted by Gasteiger charge is 2.18. The van der Waals surface area contributed by atoms with Gasteiger partial charge in [-0.25, -0.2) is 13.4 Å². The SMILES string of the molecule is CC(O)CN1CCc2cc(-c3nccc4cnc(Nc5ccc(S(C)(=O)=O)cc5)cc34)ccc2C1. The van der Waals surface area contributed by atoms with Gasteiger partial charge >= 0.3 is 0 Å². The molecule has 0 spiro atoms. The van der Waals surface area contributed by atoms with Crippen molar-refractivity contribution >= 4 is 32.1 Å². The van der Waals surface area contributed by atoms with Gasteiger partial charge in [0.2, 0.25) is 0 Å². The van der Waals surface area contributed by atoms with Crippen molar-refractivity contribution in [3.63, 3.8) is 0 Å². The number of hydrogen-bond acceptors (Lipinski definition) is 7. The summed E-state index contributed by atoms with van der Waals surface area (Å²) in [4.78, 5) is 11.8. The maximum atomic E-state index is 11.7. The third-order valence-corrected chi connectivity index (χ3v) is 7.42. The second-order valence-corrected chi connectivity index (χ2v) is 11.2. The van der Waals surface area contributed by atoms with E-state index in [0.717, 1.165) is 47.2 Å². The molecule has 0 amide bonds. The number of sulfone groups is 1. The first-order valence-corrected chi connectivity index (χ1v) is 13.5. The molecule has 1 atom stereocenters. The van der Waals surface area contributed by atoms with Crippen LogP contribution in [-0.4, -0.2) is 53.8 Å². The molecule has 4 aromatic rings. The minimum atomic E-state index is -3.24. The highest BCUT2D eigenvalue weighted by atomic mass is 32.2. The van der Waals surface area contributed by atoms with Gasteiger partial charge in [0.15, 0.2) is 9.84 Å². The zero-order valence-corrected chi connectivity index (χ0v) is 20.6. The Kier molecular flexibility index (Phi) is 6.27. The molecular formula is C27H28N4O3S. The molecule has 1 aliphatic rings. The smallest absolute Gasteiger partial charge is 0.175 e. The normalized spacial score (nSPS) is 15.1. The zero-order chi connectivity index (χ0) is 24.6. The van der Waals surface area contributed by atoms with Crippen molar-refractivity contribution in [2.24, 2.45) is 0 Å². The predicted molar refractivity (Wildman–Crippen MR) is 138 cm³/mol. The van der Waals surface area contributed by atoms with Crippen LogP contribution in [0.2, 0.25) is 0 Å². The Hall–Kier alpha value is -3.33. The number of fused-ring (bicyclic) bond motifs is 2. The lowest BCUT2D eigenvalue weighted by molar-refractivity contribution is 0.119. The Labute approximate surface area is 205 Å². The number of nitrogens with zero attached hydrogens (tertiary/aromatic N) is 3. The van der Waals surface area contributed by atoms with Crippen molar-refractivity contribution in [3.8, 4) is 11.3 Å². The first kappa shape index (κ1) is 23.4. The lowest BCUT2D eigenvalue weighted by Gasteiger charge is -2.30. The number of nitrogens with one attached hydrogen (secondary N) is 1. The quantitative estimate of drug-likeness (QED) is 0.420. The van der Waals surface area contributed by atoms with Gasteiger partial charge in [0, 0.05) is 60.3 Å². The first-order valence-electron chi connectivity index (χ1n) is 11.6. The van der Waals surface area contributed by atoms with E-state index in [1.165, 1.54) is 17.4 Å². The zero-order valence-electron chi connectivity index (χ0n) is 19.8. The van der Waals surface area contributed by atoms with Crippen molar-refractivity contribution in [1.29, 1.82) is 0 Å². The topological polar surface area (TPSA) is 95.4 Å². The average Bonchev–Trinajstić information content (AvgIpc) is 2.83. The van der Waals surface area contributed by atoms with Gasteiger partial charge in [-0.15, -0.1) is 0 Å². The van der Waals surface area contributed by atoms with Crippen LogP contribution in [0.25, 0.3) is 22.0 Å². The van der Waals surface area contributed by atoms with Gasteiger partial charge in [0.1, 0.15) is 5.82 Å². The molecule has 2 N–H and O–H groups in total. The summed E-state index contributed by atoms with van der Waals surface area (Å²) >= 11 is 0. The highest BCUT2D eigenvalue weighted by Crippen LogP contribution is 2.31. The van der Waals surface area contributed by atoms with Gasteiger partial charge in [-0.1, -0.05) is 12.1 Å². The van der Waals surface area contributed by atoms with Crippen LogP contribution in [0.4, 0.5) is 11.5 Å². The molecule has 1 aliphatic heterocycles. The third kappa shape index (κ3) is 5.19. The van der Waals surface area contributed by atoms with E-state index < -0.39 is 9.84 Å². The van der Waals surface area contributed by atoms with Crippen molar-refractivity contribution < 1.29 is 13.5 Å². The maximum Gasteiger partial charge on any atom is 0.175 e. The van der Waals surface area contributed by atoms with Crippen molar-refractivity contribution in [2.75, 3.05) is 24.7 Å². The Morgan fingerprint density at radius 1 is 1.06 bits per heavy atom. The summed E-state index contributed by atoms with van der Waals surface area (Å²) in [6, 6.07) is 17.1. The van der Waals surface area contributed by atoms with Gasteiger partial charge < -0.3 is 10.4 Å². The molecule has 35 heavy (non-hydrogen) atoms. The van der Waals surface area contributed by atoms with Gasteiger partial charge in [0.05, 0.1) is 16.7 Å². The van der Waals surface area contributed by atoms with Crippen LogP contribution in [-0.2, 0) is 22.8 Å². The molecule has 180 valence electrons. The molecular weight excluding hydrogens is 460 g/mol. The summed E-state index contributed by atoms with van der Waals surface area (Å²) in [5.41, 5.74) is 5.33. The predicted octanol–water partition coefficient (Wildman–Crippen LogP) is 4.18. The van der Waals surface area contributed by atoms with Gasteiger partial charge in [0.25, 0.3) is 0 Å². The number of aromatic nitrogens is 2. The fourth-order valence-electron chi connectivity index (χ4n) is 4.59. The summed E-state index contributed by atoms with van der Waals surface area (Å²) in [6.07, 6.45) is 5.43. The van der Waals surface area contributed by atoms with E-state index >= 15 is 0 Å². The lowest BCUT2D eigenvalue weighted by atomic mass is 9.95. The van der Waals surface area contributed by atoms with E-state index in [9.17, 15) is 13.5 Å². The Bertz CT molecular complexity index is 1480. The summed E-state index contributed by atoms with van der Waals surface area (Å²) in [7, 11) is -3.24. The van der Waals surface area contributed by atoms with Crippen LogP contribution in [0.3, 0.4) is 0 Å². The largest absolute Gasteiger partial charge is 0.392 e. The van der Waals surface area contributed by atoms with E-state index in [0.29, 0.717) is 12.4 Å². The fraction of sp³-hybridized carbons (Fsp3) is 0.259. The minimum absolute atomic E-state index is 0.280. The van der Waals surface area contributed by atoms with Crippen molar-refractivity contribution in [3.05, 3.63) is 78.1 Å². The average molecular weight is 489 g/mol. The number of β-amino-alcohol motifs (C(OH)–C–C–N with tert-alkyl or cyclic N) is 1. The van der Waals surface area contributed by atoms with Gasteiger partial charge in [-0.2, -0.15) is 0 Å². The Morgan fingerprint density at radius 2 is 1.86 bits per heavy atom. The molecule has 8 heteroatoms. The second-order valence-electron chi connectivity index (χ2n) is 9.19. The van der Waals surface area contributed by atoms with E-state index in [1.54, 1.807) is 30.5 Å². The number of pyridine rings is 2. The minimum Gasteiger partial charge on any atom is -0.392 e. The van der Waals surface area contributed by atoms with E-state index in [1.807, 2.05) is 25.3 Å². The molecule has 0 radical (unpaired) electrons. The molecule has 1 unspecified atom stereocenters. The maximum absolute atomic E-state index is 11.7. The molecule has 7 nitrogen and oxygen atoms in total. The highest BCUT2D eigenvalue weighted by molar-refractivity contribution is 7.90. The summed E-state index contributed by atoms with van der Waals surface area (Å²) in [5.74, 6) is 0.658. The number of anilines is 2. The Balaban J connectivity index is 1.44. The lowest BCUT2D eigenvalue weighted by Crippen LogP contribution is -2.35. The second kappa shape index (κ2) is 9.37. The number of hydrogen-bond donors (Lipinski definition) is 2. The fourth-order valence-corrected chi connectivity index (χ4v) is 5.22. The molecule has 2 aromatic heterocycles. The number of aliphatic hydroxyl groups is 1.